The van der Waals surface area contributed by atoms with Crippen LogP contribution >= 0.6 is 0 Å². The van der Waals surface area contributed by atoms with Crippen LogP contribution in [-0.2, 0) is 22.7 Å². The van der Waals surface area contributed by atoms with Crippen molar-refractivity contribution in [2.75, 3.05) is 28.6 Å². The molecule has 2 saturated heterocycles. The highest BCUT2D eigenvalue weighted by atomic mass is 19.1. The summed E-state index contributed by atoms with van der Waals surface area (Å²) < 4.78 is 13.7. The number of rotatable bonds is 9. The van der Waals surface area contributed by atoms with Gasteiger partial charge in [0.2, 0.25) is 11.8 Å². The minimum Gasteiger partial charge on any atom is -0.363 e. The first-order valence-electron chi connectivity index (χ1n) is 14.3. The molecule has 4 aliphatic rings. The molecule has 6 atom stereocenters. The average Bonchev–Trinajstić information content (AvgIpc) is 3.84. The van der Waals surface area contributed by atoms with Crippen LogP contribution in [0.3, 0.4) is 0 Å². The predicted molar refractivity (Wildman–Crippen MR) is 153 cm³/mol. The van der Waals surface area contributed by atoms with E-state index in [2.05, 4.69) is 26.2 Å². The second-order valence-electron chi connectivity index (χ2n) is 11.8. The van der Waals surface area contributed by atoms with Crippen LogP contribution in [0.4, 0.5) is 21.5 Å². The van der Waals surface area contributed by atoms with Crippen LogP contribution in [0.1, 0.15) is 24.0 Å². The van der Waals surface area contributed by atoms with Gasteiger partial charge in [-0.15, -0.1) is 0 Å². The Bertz CT molecular complexity index is 1310. The highest BCUT2D eigenvalue weighted by molar-refractivity contribution is 5.96. The normalized spacial score (nSPS) is 27.4. The van der Waals surface area contributed by atoms with E-state index < -0.39 is 0 Å². The second-order valence-corrected chi connectivity index (χ2v) is 11.8. The quantitative estimate of drug-likeness (QED) is 0.329. The number of carbonyl (C=O) groups is 2. The topological polar surface area (TPSA) is 85.5 Å². The van der Waals surface area contributed by atoms with E-state index in [1.54, 1.807) is 12.1 Å². The Balaban J connectivity index is 1.01. The van der Waals surface area contributed by atoms with Gasteiger partial charge in [-0.1, -0.05) is 24.3 Å². The minimum atomic E-state index is -0.271. The number of hydrogen-bond acceptors (Lipinski definition) is 5. The van der Waals surface area contributed by atoms with Gasteiger partial charge in [0.15, 0.2) is 0 Å². The fourth-order valence-electron chi connectivity index (χ4n) is 6.42. The van der Waals surface area contributed by atoms with Gasteiger partial charge in [-0.05, 0) is 109 Å². The molecule has 4 N–H and O–H groups in total. The Morgan fingerprint density at radius 1 is 0.700 bits per heavy atom. The van der Waals surface area contributed by atoms with Crippen molar-refractivity contribution in [3.8, 4) is 0 Å². The zero-order valence-electron chi connectivity index (χ0n) is 22.3. The van der Waals surface area contributed by atoms with Gasteiger partial charge in [0.05, 0.1) is 12.1 Å². The van der Waals surface area contributed by atoms with E-state index >= 15 is 0 Å². The van der Waals surface area contributed by atoms with E-state index in [0.717, 1.165) is 54.1 Å². The number of anilines is 3. The summed E-state index contributed by atoms with van der Waals surface area (Å²) in [5.74, 6) is 2.14. The molecule has 2 heterocycles. The number of amides is 2. The van der Waals surface area contributed by atoms with Crippen molar-refractivity contribution in [3.63, 3.8) is 0 Å². The standard InChI is InChI=1S/C32H34FN5O2/c33-23-5-11-26(12-6-23)38(17-19-1-7-24(8-2-19)36-31(39)29-27-13-21(27)15-34-29)18-20-3-9-25(10-4-20)37-32(40)30-28-14-22(28)16-35-30/h1-12,21-22,27-30,34-35H,13-18H2,(H,36,39)(H,37,40)/t21-,22-,27-,28-,29-,30-/m0/s1. The summed E-state index contributed by atoms with van der Waals surface area (Å²) in [7, 11) is 0. The molecule has 2 aliphatic heterocycles. The molecule has 0 spiro atoms. The van der Waals surface area contributed by atoms with Gasteiger partial charge in [-0.2, -0.15) is 0 Å². The third-order valence-corrected chi connectivity index (χ3v) is 8.96. The molecule has 0 unspecified atom stereocenters. The van der Waals surface area contributed by atoms with Gasteiger partial charge in [0.25, 0.3) is 0 Å². The van der Waals surface area contributed by atoms with Crippen LogP contribution in [0.2, 0.25) is 0 Å². The molecular weight excluding hydrogens is 505 g/mol. The van der Waals surface area contributed by atoms with Gasteiger partial charge in [-0.25, -0.2) is 4.39 Å². The zero-order chi connectivity index (χ0) is 27.2. The molecule has 3 aromatic carbocycles. The first-order valence-corrected chi connectivity index (χ1v) is 14.3. The number of nitrogens with one attached hydrogen (secondary N) is 4. The molecule has 2 saturated carbocycles. The molecule has 0 aromatic heterocycles. The lowest BCUT2D eigenvalue weighted by Gasteiger charge is -2.25. The number of halogens is 1. The molecule has 0 bridgehead atoms. The summed E-state index contributed by atoms with van der Waals surface area (Å²) in [4.78, 5) is 27.5. The molecule has 206 valence electrons. The van der Waals surface area contributed by atoms with E-state index in [4.69, 9.17) is 0 Å². The summed E-state index contributed by atoms with van der Waals surface area (Å²) in [5.41, 5.74) is 4.64. The highest BCUT2D eigenvalue weighted by Crippen LogP contribution is 2.46. The van der Waals surface area contributed by atoms with E-state index in [1.807, 2.05) is 48.5 Å². The van der Waals surface area contributed by atoms with Crippen molar-refractivity contribution < 1.29 is 14.0 Å². The Morgan fingerprint density at radius 3 is 1.52 bits per heavy atom. The summed E-state index contributed by atoms with van der Waals surface area (Å²) in [6.45, 7) is 3.11. The fourth-order valence-corrected chi connectivity index (χ4v) is 6.42. The molecule has 4 fully saturated rings. The number of nitrogens with zero attached hydrogens (tertiary/aromatic N) is 1. The largest absolute Gasteiger partial charge is 0.363 e. The van der Waals surface area contributed by atoms with Crippen LogP contribution in [-0.4, -0.2) is 37.0 Å². The van der Waals surface area contributed by atoms with Crippen LogP contribution in [0, 0.1) is 29.5 Å². The van der Waals surface area contributed by atoms with Gasteiger partial charge in [0.1, 0.15) is 5.82 Å². The first kappa shape index (κ1) is 25.2. The van der Waals surface area contributed by atoms with Crippen LogP contribution < -0.4 is 26.2 Å². The summed E-state index contributed by atoms with van der Waals surface area (Å²) in [6.07, 6.45) is 2.30. The fraction of sp³-hybridized carbons (Fsp3) is 0.375. The smallest absolute Gasteiger partial charge is 0.241 e. The van der Waals surface area contributed by atoms with Gasteiger partial charge >= 0.3 is 0 Å². The van der Waals surface area contributed by atoms with E-state index in [1.165, 1.54) is 12.1 Å². The van der Waals surface area contributed by atoms with Gasteiger partial charge < -0.3 is 26.2 Å². The van der Waals surface area contributed by atoms with E-state index in [9.17, 15) is 14.0 Å². The summed E-state index contributed by atoms with van der Waals surface area (Å²) in [6, 6.07) is 22.2. The van der Waals surface area contributed by atoms with Crippen molar-refractivity contribution in [1.29, 1.82) is 0 Å². The van der Waals surface area contributed by atoms with Crippen molar-refractivity contribution in [1.82, 2.24) is 10.6 Å². The van der Waals surface area contributed by atoms with Gasteiger partial charge in [-0.3, -0.25) is 9.59 Å². The molecule has 2 aliphatic carbocycles. The number of hydrogen-bond donors (Lipinski definition) is 4. The maximum absolute atomic E-state index is 13.7. The van der Waals surface area contributed by atoms with Crippen molar-refractivity contribution in [2.45, 2.75) is 38.0 Å². The Kier molecular flexibility index (Phi) is 6.52. The Labute approximate surface area is 233 Å². The third kappa shape index (κ3) is 5.33. The first-order chi connectivity index (χ1) is 19.5. The summed E-state index contributed by atoms with van der Waals surface area (Å²) >= 11 is 0. The summed E-state index contributed by atoms with van der Waals surface area (Å²) in [5, 5.41) is 12.7. The van der Waals surface area contributed by atoms with Gasteiger partial charge in [0, 0.05) is 30.2 Å². The van der Waals surface area contributed by atoms with Crippen molar-refractivity contribution in [2.24, 2.45) is 23.7 Å². The molecular formula is C32H34FN5O2. The molecule has 7 nitrogen and oxygen atoms in total. The number of fused-ring (bicyclic) bond motifs is 2. The molecule has 0 radical (unpaired) electrons. The van der Waals surface area contributed by atoms with Crippen LogP contribution in [0.15, 0.2) is 72.8 Å². The average molecular weight is 540 g/mol. The lowest BCUT2D eigenvalue weighted by molar-refractivity contribution is -0.119. The second kappa shape index (κ2) is 10.3. The number of piperidine rings is 2. The lowest BCUT2D eigenvalue weighted by Crippen LogP contribution is -2.38. The lowest BCUT2D eigenvalue weighted by atomic mass is 10.1. The molecule has 40 heavy (non-hydrogen) atoms. The molecule has 3 aromatic rings. The maximum Gasteiger partial charge on any atom is 0.241 e. The molecule has 7 rings (SSSR count). The number of benzene rings is 3. The van der Waals surface area contributed by atoms with E-state index in [0.29, 0.717) is 36.8 Å². The Hall–Kier alpha value is -3.75. The number of carbonyl (C=O) groups excluding carboxylic acids is 2. The molecule has 8 heteroatoms. The molecule has 2 amide bonds. The monoisotopic (exact) mass is 539 g/mol. The predicted octanol–water partition coefficient (Wildman–Crippen LogP) is 4.13. The van der Waals surface area contributed by atoms with Crippen LogP contribution in [0.25, 0.3) is 0 Å². The van der Waals surface area contributed by atoms with Crippen molar-refractivity contribution >= 4 is 28.9 Å². The van der Waals surface area contributed by atoms with E-state index in [-0.39, 0.29) is 29.7 Å². The Morgan fingerprint density at radius 2 is 1.15 bits per heavy atom. The third-order valence-electron chi connectivity index (χ3n) is 8.96. The SMILES string of the molecule is O=C(Nc1ccc(CN(Cc2ccc(NC(=O)[C@H]3NC[C@@H]4C[C@@H]43)cc2)c2ccc(F)cc2)cc1)[C@H]1NC[C@@H]2C[C@@H]21. The zero-order valence-corrected chi connectivity index (χ0v) is 22.3. The highest BCUT2D eigenvalue weighted by Gasteiger charge is 2.51. The minimum absolute atomic E-state index is 0.0431. The van der Waals surface area contributed by atoms with Crippen molar-refractivity contribution in [3.05, 3.63) is 89.7 Å². The van der Waals surface area contributed by atoms with Crippen LogP contribution in [0.5, 0.6) is 0 Å². The maximum atomic E-state index is 13.7.